The standard InChI is InChI=1S/C20H21ClO4.C19H28O2.C9H13N5O4/c1-13(2)24-19(23)20(3,4)25-17-11-7-15(8-12-17)18(22)14-5-9-16(21)10-6-14;1-18-9-7-13(20)11-12(18)3-4-14-15-5-6-17(21)19(15,2)10-8-16(14)18;10-9-12-7-6(8(17)13-9)11-3-14(7)4-18-5(1-15)2-16/h5-13H,1-4H3;11,14-17,21H,3-10H2,1-2H3;3,5,15-16H,1-2,4H2,(H3,10,12,13,17)/t;14-,15-,16-,17-,18-,19-;/m.0./s1. The first-order valence-electron chi connectivity index (χ1n) is 22.1. The van der Waals surface area contributed by atoms with Gasteiger partial charge >= 0.3 is 5.97 Å². The molecule has 16 heteroatoms. The van der Waals surface area contributed by atoms with Crippen LogP contribution in [0.1, 0.15) is 109 Å². The highest BCUT2D eigenvalue weighted by Gasteiger charge is 2.58. The van der Waals surface area contributed by atoms with Gasteiger partial charge in [0.1, 0.15) is 18.6 Å². The molecular weight excluding hydrogens is 842 g/mol. The normalized spacial score (nSPS) is 24.9. The van der Waals surface area contributed by atoms with Crippen molar-refractivity contribution in [3.05, 3.63) is 93.0 Å². The summed E-state index contributed by atoms with van der Waals surface area (Å²) in [6, 6.07) is 13.4. The van der Waals surface area contributed by atoms with Crippen LogP contribution >= 0.6 is 11.6 Å². The zero-order chi connectivity index (χ0) is 46.6. The number of esters is 1. The zero-order valence-corrected chi connectivity index (χ0v) is 38.3. The first-order chi connectivity index (χ1) is 30.3. The van der Waals surface area contributed by atoms with Crippen LogP contribution in [0, 0.1) is 28.6 Å². The SMILES string of the molecule is CC(C)OC(=O)C(C)(C)Oc1ccc(C(=O)c2ccc(Cl)cc2)cc1.C[C@]12CC[C@H]3[C@@H](CCC4=CC(=O)CC[C@@]43C)[C@@H]1CC[C@@H]2O.Nc1nc2c(ncn2COC(CO)CO)c(=O)[nH]1. The number of aliphatic hydroxyl groups is 3. The van der Waals surface area contributed by atoms with E-state index in [1.807, 2.05) is 6.08 Å². The number of ether oxygens (including phenoxy) is 3. The summed E-state index contributed by atoms with van der Waals surface area (Å²) in [5.74, 6) is 2.49. The second-order valence-corrected chi connectivity index (χ2v) is 19.1. The number of aromatic nitrogens is 4. The van der Waals surface area contributed by atoms with Gasteiger partial charge in [-0.1, -0.05) is 31.0 Å². The van der Waals surface area contributed by atoms with E-state index >= 15 is 0 Å². The molecule has 4 aromatic rings. The molecule has 0 spiro atoms. The van der Waals surface area contributed by atoms with Crippen molar-refractivity contribution in [3.8, 4) is 5.75 Å². The molecule has 6 atom stereocenters. The number of nitrogens with two attached hydrogens (primary N) is 1. The molecule has 2 aromatic carbocycles. The molecule has 2 heterocycles. The Kier molecular flexibility index (Phi) is 15.2. The fourth-order valence-corrected chi connectivity index (χ4v) is 10.2. The third-order valence-corrected chi connectivity index (χ3v) is 13.9. The summed E-state index contributed by atoms with van der Waals surface area (Å²) < 4.78 is 17.6. The smallest absolute Gasteiger partial charge is 0.350 e. The van der Waals surface area contributed by atoms with Crippen molar-refractivity contribution in [2.75, 3.05) is 18.9 Å². The van der Waals surface area contributed by atoms with Crippen LogP contribution < -0.4 is 16.0 Å². The molecule has 4 aliphatic carbocycles. The van der Waals surface area contributed by atoms with E-state index in [2.05, 4.69) is 28.8 Å². The van der Waals surface area contributed by atoms with Gasteiger partial charge in [-0.3, -0.25) is 23.9 Å². The number of aliphatic hydroxyl groups excluding tert-OH is 3. The Balaban J connectivity index is 0.000000161. The molecule has 6 N–H and O–H groups in total. The zero-order valence-electron chi connectivity index (χ0n) is 37.5. The fraction of sp³-hybridized carbons (Fsp3) is 0.542. The number of imidazole rings is 1. The highest BCUT2D eigenvalue weighted by Crippen LogP contribution is 2.65. The Morgan fingerprint density at radius 2 is 1.61 bits per heavy atom. The predicted octanol–water partition coefficient (Wildman–Crippen LogP) is 6.59. The maximum Gasteiger partial charge on any atom is 0.350 e. The number of nitrogens with zero attached hydrogens (tertiary/aromatic N) is 3. The third kappa shape index (κ3) is 10.6. The number of allylic oxidation sites excluding steroid dienone is 1. The number of aromatic amines is 1. The average Bonchev–Trinajstić information content (AvgIpc) is 3.81. The lowest BCUT2D eigenvalue weighted by Gasteiger charge is -2.57. The number of H-pyrrole nitrogens is 1. The molecule has 2 aromatic heterocycles. The van der Waals surface area contributed by atoms with Crippen LogP contribution in [0.2, 0.25) is 5.02 Å². The van der Waals surface area contributed by atoms with Gasteiger partial charge in [0.15, 0.2) is 28.3 Å². The third-order valence-electron chi connectivity index (χ3n) is 13.7. The summed E-state index contributed by atoms with van der Waals surface area (Å²) >= 11 is 5.84. The molecule has 3 saturated carbocycles. The van der Waals surface area contributed by atoms with Crippen LogP contribution in [0.5, 0.6) is 5.75 Å². The molecule has 15 nitrogen and oxygen atoms in total. The van der Waals surface area contributed by atoms with Crippen LogP contribution in [0.3, 0.4) is 0 Å². The summed E-state index contributed by atoms with van der Waals surface area (Å²) in [6.07, 6.45) is 11.2. The number of carbonyl (C=O) groups excluding carboxylic acids is 3. The lowest BCUT2D eigenvalue weighted by Crippen LogP contribution is -2.51. The topological polar surface area (TPSA) is 229 Å². The predicted molar refractivity (Wildman–Crippen MR) is 242 cm³/mol. The van der Waals surface area contributed by atoms with Gasteiger partial charge in [0.2, 0.25) is 5.95 Å². The molecule has 0 bridgehead atoms. The van der Waals surface area contributed by atoms with E-state index in [-0.39, 0.29) is 65.9 Å². The number of fused-ring (bicyclic) bond motifs is 6. The van der Waals surface area contributed by atoms with E-state index in [0.29, 0.717) is 33.6 Å². The molecular formula is C48H62ClN5O10. The monoisotopic (exact) mass is 903 g/mol. The number of hydrogen-bond donors (Lipinski definition) is 5. The second kappa shape index (κ2) is 20.1. The van der Waals surface area contributed by atoms with Gasteiger partial charge in [0.05, 0.1) is 31.7 Å². The highest BCUT2D eigenvalue weighted by molar-refractivity contribution is 6.30. The number of benzene rings is 2. The van der Waals surface area contributed by atoms with Crippen molar-refractivity contribution in [1.82, 2.24) is 19.5 Å². The van der Waals surface area contributed by atoms with Gasteiger partial charge in [-0.05, 0) is 156 Å². The molecule has 64 heavy (non-hydrogen) atoms. The summed E-state index contributed by atoms with van der Waals surface area (Å²) in [5.41, 5.74) is 7.28. The van der Waals surface area contributed by atoms with Crippen molar-refractivity contribution in [1.29, 1.82) is 0 Å². The number of nitrogen functional groups attached to an aromatic ring is 1. The second-order valence-electron chi connectivity index (χ2n) is 18.7. The van der Waals surface area contributed by atoms with E-state index in [1.165, 1.54) is 42.2 Å². The maximum absolute atomic E-state index is 12.4. The van der Waals surface area contributed by atoms with Gasteiger partial charge in [0, 0.05) is 22.6 Å². The number of rotatable bonds is 11. The molecule has 0 saturated heterocycles. The van der Waals surface area contributed by atoms with E-state index in [4.69, 9.17) is 41.8 Å². The Hall–Kier alpha value is -4.93. The van der Waals surface area contributed by atoms with Crippen molar-refractivity contribution < 1.29 is 43.9 Å². The number of anilines is 1. The number of halogens is 1. The molecule has 4 aliphatic rings. The number of nitrogens with one attached hydrogen (secondary N) is 1. The van der Waals surface area contributed by atoms with Crippen molar-refractivity contribution >= 4 is 46.2 Å². The van der Waals surface area contributed by atoms with E-state index in [0.717, 1.165) is 37.5 Å². The number of ketones is 2. The molecule has 0 aliphatic heterocycles. The minimum absolute atomic E-state index is 0.00181. The first kappa shape index (κ1) is 48.5. The quantitative estimate of drug-likeness (QED) is 0.0792. The first-order valence-corrected chi connectivity index (χ1v) is 22.4. The lowest BCUT2D eigenvalue weighted by atomic mass is 9.47. The van der Waals surface area contributed by atoms with Gasteiger partial charge in [-0.15, -0.1) is 0 Å². The molecule has 0 amide bonds. The van der Waals surface area contributed by atoms with Crippen LogP contribution in [0.4, 0.5) is 5.95 Å². The van der Waals surface area contributed by atoms with Gasteiger partial charge in [0.25, 0.3) is 5.56 Å². The molecule has 3 fully saturated rings. The van der Waals surface area contributed by atoms with E-state index in [9.17, 15) is 24.3 Å². The minimum Gasteiger partial charge on any atom is -0.476 e. The Morgan fingerprint density at radius 1 is 0.953 bits per heavy atom. The van der Waals surface area contributed by atoms with Crippen LogP contribution in [0.25, 0.3) is 11.2 Å². The van der Waals surface area contributed by atoms with Gasteiger partial charge in [-0.25, -0.2) is 9.78 Å². The number of hydrogen-bond acceptors (Lipinski definition) is 13. The maximum atomic E-state index is 12.4. The summed E-state index contributed by atoms with van der Waals surface area (Å²) in [4.78, 5) is 57.9. The van der Waals surface area contributed by atoms with Gasteiger partial charge in [-0.2, -0.15) is 4.98 Å². The van der Waals surface area contributed by atoms with Crippen molar-refractivity contribution in [3.63, 3.8) is 0 Å². The lowest BCUT2D eigenvalue weighted by molar-refractivity contribution is -0.163. The van der Waals surface area contributed by atoms with Crippen molar-refractivity contribution in [2.45, 2.75) is 124 Å². The summed E-state index contributed by atoms with van der Waals surface area (Å²) in [6.45, 7) is 11.0. The molecule has 0 radical (unpaired) electrons. The van der Waals surface area contributed by atoms with E-state index in [1.54, 1.807) is 76.2 Å². The van der Waals surface area contributed by atoms with Crippen LogP contribution in [-0.2, 0) is 25.8 Å². The fourth-order valence-electron chi connectivity index (χ4n) is 10.1. The average molecular weight is 905 g/mol. The minimum atomic E-state index is -1.12. The van der Waals surface area contributed by atoms with Gasteiger partial charge < -0.3 is 35.3 Å². The molecule has 8 rings (SSSR count). The Bertz CT molecular complexity index is 2370. The molecule has 346 valence electrons. The number of carbonyl (C=O) groups is 3. The van der Waals surface area contributed by atoms with Crippen LogP contribution in [-0.4, -0.2) is 89.5 Å². The van der Waals surface area contributed by atoms with E-state index < -0.39 is 23.2 Å². The summed E-state index contributed by atoms with van der Waals surface area (Å²) in [7, 11) is 0. The summed E-state index contributed by atoms with van der Waals surface area (Å²) in [5, 5.41) is 28.7. The van der Waals surface area contributed by atoms with Crippen molar-refractivity contribution in [2.24, 2.45) is 28.6 Å². The Morgan fingerprint density at radius 3 is 2.25 bits per heavy atom. The molecule has 0 unspecified atom stereocenters. The Labute approximate surface area is 378 Å². The highest BCUT2D eigenvalue weighted by atomic mass is 35.5. The van der Waals surface area contributed by atoms with Crippen LogP contribution in [0.15, 0.2) is 71.3 Å². The largest absolute Gasteiger partial charge is 0.476 e.